The van der Waals surface area contributed by atoms with Crippen LogP contribution in [0.3, 0.4) is 0 Å². The van der Waals surface area contributed by atoms with Gasteiger partial charge in [0.05, 0.1) is 12.4 Å². The van der Waals surface area contributed by atoms with E-state index in [2.05, 4.69) is 37.9 Å². The molecule has 0 spiro atoms. The number of hydrogen-bond acceptors (Lipinski definition) is 4. The fraction of sp³-hybridized carbons (Fsp3) is 0.560. The van der Waals surface area contributed by atoms with Crippen molar-refractivity contribution in [3.05, 3.63) is 57.3 Å². The number of carbonyl (C=O) groups is 1. The molecular formula is C25H37ClN2O3. The maximum Gasteiger partial charge on any atom is 0.251 e. The predicted molar refractivity (Wildman–Crippen MR) is 127 cm³/mol. The molecule has 1 saturated heterocycles. The molecule has 6 heteroatoms. The zero-order chi connectivity index (χ0) is 23.0. The maximum atomic E-state index is 12.3. The second-order valence-electron chi connectivity index (χ2n) is 8.48. The van der Waals surface area contributed by atoms with Crippen LogP contribution in [0.15, 0.2) is 46.7 Å². The van der Waals surface area contributed by atoms with Crippen molar-refractivity contribution < 1.29 is 14.6 Å². The van der Waals surface area contributed by atoms with Crippen molar-refractivity contribution >= 4 is 17.5 Å². The number of unbranched alkanes of at least 4 members (excludes halogenated alkanes) is 1. The fourth-order valence-corrected chi connectivity index (χ4v) is 3.91. The highest BCUT2D eigenvalue weighted by Crippen LogP contribution is 2.27. The first kappa shape index (κ1) is 25.4. The lowest BCUT2D eigenvalue weighted by atomic mass is 9.92. The summed E-state index contributed by atoms with van der Waals surface area (Å²) in [5, 5.41) is 12.5. The summed E-state index contributed by atoms with van der Waals surface area (Å²) in [6.07, 6.45) is 1.63. The Hall–Kier alpha value is -1.82. The third-order valence-electron chi connectivity index (χ3n) is 6.35. The summed E-state index contributed by atoms with van der Waals surface area (Å²) in [6.45, 7) is 14.2. The molecule has 0 aromatic heterocycles. The van der Waals surface area contributed by atoms with Crippen LogP contribution in [-0.2, 0) is 4.74 Å². The van der Waals surface area contributed by atoms with Gasteiger partial charge in [0.25, 0.3) is 5.91 Å². The summed E-state index contributed by atoms with van der Waals surface area (Å²) < 4.78 is 5.85. The Kier molecular flexibility index (Phi) is 10.1. The maximum absolute atomic E-state index is 12.3. The Bertz CT molecular complexity index is 813. The minimum atomic E-state index is -0.0730. The number of benzene rings is 1. The molecule has 0 saturated carbocycles. The van der Waals surface area contributed by atoms with E-state index in [1.807, 2.05) is 6.92 Å². The van der Waals surface area contributed by atoms with E-state index in [0.717, 1.165) is 31.7 Å². The molecule has 172 valence electrons. The molecule has 2 N–H and O–H groups in total. The molecule has 1 atom stereocenters. The Morgan fingerprint density at radius 1 is 1.23 bits per heavy atom. The Morgan fingerprint density at radius 3 is 2.58 bits per heavy atom. The Labute approximate surface area is 192 Å². The van der Waals surface area contributed by atoms with Crippen LogP contribution >= 0.6 is 11.6 Å². The number of nitrogens with one attached hydrogen (secondary N) is 1. The SMILES string of the molecule is C/C(OCCCCO)=C(C)\C(C)=C(/C)C(C)N1CC(CNC(=O)c2cccc(Cl)c2)C1. The number of rotatable bonds is 11. The van der Waals surface area contributed by atoms with Gasteiger partial charge in [-0.2, -0.15) is 0 Å². The fourth-order valence-electron chi connectivity index (χ4n) is 3.72. The normalized spacial score (nSPS) is 17.4. The topological polar surface area (TPSA) is 61.8 Å². The Balaban J connectivity index is 1.83. The highest BCUT2D eigenvalue weighted by Gasteiger charge is 2.31. The average Bonchev–Trinajstić information content (AvgIpc) is 2.73. The van der Waals surface area contributed by atoms with E-state index in [4.69, 9.17) is 21.4 Å². The van der Waals surface area contributed by atoms with Gasteiger partial charge in [-0.05, 0) is 76.8 Å². The highest BCUT2D eigenvalue weighted by atomic mass is 35.5. The van der Waals surface area contributed by atoms with Gasteiger partial charge < -0.3 is 15.2 Å². The van der Waals surface area contributed by atoms with Crippen molar-refractivity contribution in [1.82, 2.24) is 10.2 Å². The highest BCUT2D eigenvalue weighted by molar-refractivity contribution is 6.30. The molecule has 1 fully saturated rings. The number of allylic oxidation sites excluding steroid dienone is 3. The largest absolute Gasteiger partial charge is 0.498 e. The van der Waals surface area contributed by atoms with Crippen molar-refractivity contribution in [2.24, 2.45) is 5.92 Å². The first-order valence-electron chi connectivity index (χ1n) is 11.1. The van der Waals surface area contributed by atoms with Crippen LogP contribution in [0.2, 0.25) is 5.02 Å². The third kappa shape index (κ3) is 7.37. The average molecular weight is 449 g/mol. The molecule has 5 nitrogen and oxygen atoms in total. The van der Waals surface area contributed by atoms with Crippen LogP contribution in [-0.4, -0.2) is 54.8 Å². The molecule has 1 unspecified atom stereocenters. The van der Waals surface area contributed by atoms with Crippen LogP contribution in [0.1, 0.15) is 57.8 Å². The minimum absolute atomic E-state index is 0.0730. The van der Waals surface area contributed by atoms with E-state index in [0.29, 0.717) is 35.7 Å². The summed E-state index contributed by atoms with van der Waals surface area (Å²) in [7, 11) is 0. The quantitative estimate of drug-likeness (QED) is 0.289. The van der Waals surface area contributed by atoms with Gasteiger partial charge in [0, 0.05) is 48.8 Å². The molecule has 0 aliphatic carbocycles. The van der Waals surface area contributed by atoms with Crippen LogP contribution in [0.5, 0.6) is 0 Å². The van der Waals surface area contributed by atoms with Crippen LogP contribution in [0.4, 0.5) is 0 Å². The standard InChI is InChI=1S/C25H37ClN2O3/c1-17(19(3)21(5)31-12-7-6-11-29)18(2)20(4)28-15-22(16-28)14-27-25(30)23-9-8-10-24(26)13-23/h8-10,13,20,22,29H,6-7,11-12,14-16H2,1-5H3,(H,27,30)/b18-17+,21-19+. The molecule has 31 heavy (non-hydrogen) atoms. The smallest absolute Gasteiger partial charge is 0.251 e. The van der Waals surface area contributed by atoms with Gasteiger partial charge in [-0.25, -0.2) is 0 Å². The number of likely N-dealkylation sites (tertiary alicyclic amines) is 1. The molecule has 1 amide bonds. The first-order chi connectivity index (χ1) is 14.7. The lowest BCUT2D eigenvalue weighted by molar-refractivity contribution is 0.0689. The second kappa shape index (κ2) is 12.3. The number of amides is 1. The van der Waals surface area contributed by atoms with Gasteiger partial charge in [0.2, 0.25) is 0 Å². The number of hydrogen-bond donors (Lipinski definition) is 2. The summed E-state index contributed by atoms with van der Waals surface area (Å²) in [5.41, 5.74) is 4.39. The molecular weight excluding hydrogens is 412 g/mol. The number of aliphatic hydroxyl groups excluding tert-OH is 1. The molecule has 2 rings (SSSR count). The van der Waals surface area contributed by atoms with E-state index in [1.54, 1.807) is 24.3 Å². The number of aliphatic hydroxyl groups is 1. The van der Waals surface area contributed by atoms with Gasteiger partial charge >= 0.3 is 0 Å². The molecule has 1 aliphatic rings. The minimum Gasteiger partial charge on any atom is -0.498 e. The summed E-state index contributed by atoms with van der Waals surface area (Å²) in [4.78, 5) is 14.7. The van der Waals surface area contributed by atoms with Crippen molar-refractivity contribution in [3.8, 4) is 0 Å². The van der Waals surface area contributed by atoms with E-state index < -0.39 is 0 Å². The van der Waals surface area contributed by atoms with Crippen LogP contribution in [0, 0.1) is 5.92 Å². The number of carbonyl (C=O) groups excluding carboxylic acids is 1. The zero-order valence-corrected chi connectivity index (χ0v) is 20.3. The molecule has 1 aromatic rings. The van der Waals surface area contributed by atoms with Gasteiger partial charge in [-0.3, -0.25) is 9.69 Å². The summed E-state index contributed by atoms with van der Waals surface area (Å²) in [6, 6.07) is 7.37. The van der Waals surface area contributed by atoms with Crippen molar-refractivity contribution in [2.75, 3.05) is 32.8 Å². The van der Waals surface area contributed by atoms with Crippen LogP contribution in [0.25, 0.3) is 0 Å². The van der Waals surface area contributed by atoms with Gasteiger partial charge in [-0.1, -0.05) is 23.2 Å². The zero-order valence-electron chi connectivity index (χ0n) is 19.5. The van der Waals surface area contributed by atoms with Crippen molar-refractivity contribution in [3.63, 3.8) is 0 Å². The van der Waals surface area contributed by atoms with E-state index >= 15 is 0 Å². The Morgan fingerprint density at radius 2 is 1.94 bits per heavy atom. The first-order valence-corrected chi connectivity index (χ1v) is 11.5. The van der Waals surface area contributed by atoms with E-state index in [9.17, 15) is 4.79 Å². The predicted octanol–water partition coefficient (Wildman–Crippen LogP) is 4.81. The van der Waals surface area contributed by atoms with Gasteiger partial charge in [-0.15, -0.1) is 0 Å². The van der Waals surface area contributed by atoms with Crippen molar-refractivity contribution in [1.29, 1.82) is 0 Å². The molecule has 1 aromatic carbocycles. The number of ether oxygens (including phenoxy) is 1. The lowest BCUT2D eigenvalue weighted by Gasteiger charge is -2.44. The molecule has 0 radical (unpaired) electrons. The van der Waals surface area contributed by atoms with Gasteiger partial charge in [0.1, 0.15) is 0 Å². The second-order valence-corrected chi connectivity index (χ2v) is 8.92. The molecule has 0 bridgehead atoms. The molecule has 1 aliphatic heterocycles. The number of nitrogens with zero attached hydrogens (tertiary/aromatic N) is 1. The van der Waals surface area contributed by atoms with Gasteiger partial charge in [0.15, 0.2) is 0 Å². The van der Waals surface area contributed by atoms with Crippen molar-refractivity contribution in [2.45, 2.75) is 53.5 Å². The molecule has 1 heterocycles. The summed E-state index contributed by atoms with van der Waals surface area (Å²) in [5.74, 6) is 1.34. The van der Waals surface area contributed by atoms with Crippen LogP contribution < -0.4 is 5.32 Å². The number of halogens is 1. The van der Waals surface area contributed by atoms with E-state index in [-0.39, 0.29) is 12.5 Å². The lowest BCUT2D eigenvalue weighted by Crippen LogP contribution is -2.55. The monoisotopic (exact) mass is 448 g/mol. The third-order valence-corrected chi connectivity index (χ3v) is 6.59. The summed E-state index contributed by atoms with van der Waals surface area (Å²) >= 11 is 5.97. The van der Waals surface area contributed by atoms with E-state index in [1.165, 1.54) is 16.7 Å².